The van der Waals surface area contributed by atoms with Crippen LogP contribution in [0.15, 0.2) is 62.4 Å². The van der Waals surface area contributed by atoms with Crippen LogP contribution in [0.1, 0.15) is 5.56 Å². The summed E-state index contributed by atoms with van der Waals surface area (Å²) in [5, 5.41) is 11.2. The van der Waals surface area contributed by atoms with Crippen LogP contribution >= 0.6 is 50.7 Å². The molecule has 0 radical (unpaired) electrons. The number of nitrogens with zero attached hydrogens (tertiary/aromatic N) is 2. The highest BCUT2D eigenvalue weighted by Crippen LogP contribution is 2.32. The van der Waals surface area contributed by atoms with Gasteiger partial charge in [0.1, 0.15) is 11.3 Å². The second-order valence-corrected chi connectivity index (χ2v) is 8.02. The van der Waals surface area contributed by atoms with Gasteiger partial charge in [-0.25, -0.2) is 4.98 Å². The Morgan fingerprint density at radius 2 is 1.79 bits per heavy atom. The molecule has 140 valence electrons. The second-order valence-electron chi connectivity index (χ2n) is 5.88. The van der Waals surface area contributed by atoms with Crippen molar-refractivity contribution in [3.05, 3.63) is 73.6 Å². The van der Waals surface area contributed by atoms with E-state index in [-0.39, 0.29) is 10.8 Å². The molecule has 4 nitrogen and oxygen atoms in total. The van der Waals surface area contributed by atoms with Gasteiger partial charge in [0.2, 0.25) is 5.89 Å². The van der Waals surface area contributed by atoms with Crippen LogP contribution in [0, 0.1) is 0 Å². The van der Waals surface area contributed by atoms with Gasteiger partial charge in [-0.2, -0.15) is 0 Å². The molecule has 0 atom stereocenters. The fraction of sp³-hybridized carbons (Fsp3) is 0. The first-order valence-corrected chi connectivity index (χ1v) is 9.91. The molecule has 8 heteroatoms. The number of aliphatic imine (C=N–C) groups is 1. The van der Waals surface area contributed by atoms with Gasteiger partial charge in [0, 0.05) is 21.8 Å². The third-order valence-electron chi connectivity index (χ3n) is 3.95. The van der Waals surface area contributed by atoms with E-state index in [1.807, 2.05) is 0 Å². The second kappa shape index (κ2) is 7.76. The van der Waals surface area contributed by atoms with E-state index in [1.54, 1.807) is 48.5 Å². The van der Waals surface area contributed by atoms with Crippen LogP contribution in [0.3, 0.4) is 0 Å². The molecule has 3 aromatic carbocycles. The fourth-order valence-corrected chi connectivity index (χ4v) is 3.71. The quantitative estimate of drug-likeness (QED) is 0.296. The number of oxazole rings is 1. The van der Waals surface area contributed by atoms with E-state index in [0.29, 0.717) is 38.3 Å². The molecular formula is C20H10BrCl3N2O2. The van der Waals surface area contributed by atoms with Crippen molar-refractivity contribution in [3.63, 3.8) is 0 Å². The van der Waals surface area contributed by atoms with Gasteiger partial charge in [0.25, 0.3) is 0 Å². The number of benzene rings is 3. The summed E-state index contributed by atoms with van der Waals surface area (Å²) in [4.78, 5) is 8.89. The molecule has 1 heterocycles. The number of phenolic OH excluding ortho intramolecular Hbond substituents is 1. The van der Waals surface area contributed by atoms with Gasteiger partial charge >= 0.3 is 0 Å². The lowest BCUT2D eigenvalue weighted by Crippen LogP contribution is -1.84. The molecule has 0 spiro atoms. The van der Waals surface area contributed by atoms with E-state index in [4.69, 9.17) is 39.2 Å². The third-order valence-corrected chi connectivity index (χ3v) is 5.43. The molecule has 4 aromatic rings. The highest BCUT2D eigenvalue weighted by molar-refractivity contribution is 9.10. The van der Waals surface area contributed by atoms with Gasteiger partial charge < -0.3 is 9.52 Å². The van der Waals surface area contributed by atoms with Crippen molar-refractivity contribution in [2.24, 2.45) is 4.99 Å². The Morgan fingerprint density at radius 1 is 0.964 bits per heavy atom. The minimum absolute atomic E-state index is 0.0296. The van der Waals surface area contributed by atoms with Gasteiger partial charge in [-0.05, 0) is 48.5 Å². The Labute approximate surface area is 183 Å². The number of fused-ring (bicyclic) bond motifs is 1. The maximum atomic E-state index is 10.1. The maximum Gasteiger partial charge on any atom is 0.227 e. The van der Waals surface area contributed by atoms with Crippen molar-refractivity contribution in [2.75, 3.05) is 0 Å². The molecule has 0 aliphatic rings. The summed E-state index contributed by atoms with van der Waals surface area (Å²) < 4.78 is 6.53. The number of hydrogen-bond acceptors (Lipinski definition) is 4. The van der Waals surface area contributed by atoms with Crippen molar-refractivity contribution in [3.8, 4) is 17.2 Å². The Hall–Kier alpha value is -2.05. The molecular weight excluding hydrogens is 486 g/mol. The molecule has 0 amide bonds. The van der Waals surface area contributed by atoms with Crippen LogP contribution in [0.2, 0.25) is 15.1 Å². The van der Waals surface area contributed by atoms with Gasteiger partial charge in [-0.1, -0.05) is 50.7 Å². The summed E-state index contributed by atoms with van der Waals surface area (Å²) in [6.45, 7) is 0. The van der Waals surface area contributed by atoms with Crippen LogP contribution in [-0.2, 0) is 0 Å². The summed E-state index contributed by atoms with van der Waals surface area (Å²) in [5.41, 5.74) is 3.14. The van der Waals surface area contributed by atoms with E-state index in [1.165, 1.54) is 6.21 Å². The van der Waals surface area contributed by atoms with Gasteiger partial charge in [0.05, 0.1) is 20.8 Å². The van der Waals surface area contributed by atoms with Crippen molar-refractivity contribution in [2.45, 2.75) is 0 Å². The summed E-state index contributed by atoms with van der Waals surface area (Å²) >= 11 is 21.3. The lowest BCUT2D eigenvalue weighted by atomic mass is 10.2. The standard InChI is InChI=1S/C20H10BrCl3N2O2/c21-12-5-11(19(27)16(24)7-12)9-25-13-2-4-18-17(8-13)26-20(28-18)10-1-3-14(22)15(23)6-10/h1-9,27H. The molecule has 4 rings (SSSR count). The van der Waals surface area contributed by atoms with E-state index in [2.05, 4.69) is 25.9 Å². The van der Waals surface area contributed by atoms with Gasteiger partial charge in [0.15, 0.2) is 5.58 Å². The molecule has 0 unspecified atom stereocenters. The summed E-state index contributed by atoms with van der Waals surface area (Å²) in [6, 6.07) is 13.9. The van der Waals surface area contributed by atoms with E-state index < -0.39 is 0 Å². The normalized spacial score (nSPS) is 11.6. The molecule has 0 saturated heterocycles. The number of hydrogen-bond donors (Lipinski definition) is 1. The summed E-state index contributed by atoms with van der Waals surface area (Å²) in [7, 11) is 0. The van der Waals surface area contributed by atoms with Crippen molar-refractivity contribution in [1.82, 2.24) is 4.98 Å². The SMILES string of the molecule is Oc1c(Cl)cc(Br)cc1C=Nc1ccc2oc(-c3ccc(Cl)c(Cl)c3)nc2c1. The van der Waals surface area contributed by atoms with E-state index in [9.17, 15) is 5.11 Å². The van der Waals surface area contributed by atoms with Crippen LogP contribution in [0.25, 0.3) is 22.6 Å². The molecule has 0 aliphatic heterocycles. The number of rotatable bonds is 3. The molecule has 0 bridgehead atoms. The van der Waals surface area contributed by atoms with Gasteiger partial charge in [-0.3, -0.25) is 4.99 Å². The topological polar surface area (TPSA) is 58.6 Å². The molecule has 1 N–H and O–H groups in total. The molecule has 28 heavy (non-hydrogen) atoms. The highest BCUT2D eigenvalue weighted by atomic mass is 79.9. The zero-order chi connectivity index (χ0) is 19.8. The average molecular weight is 497 g/mol. The average Bonchev–Trinajstić information content (AvgIpc) is 3.09. The van der Waals surface area contributed by atoms with Gasteiger partial charge in [-0.15, -0.1) is 0 Å². The van der Waals surface area contributed by atoms with Crippen LogP contribution in [-0.4, -0.2) is 16.3 Å². The number of phenols is 1. The van der Waals surface area contributed by atoms with Crippen molar-refractivity contribution in [1.29, 1.82) is 0 Å². The maximum absolute atomic E-state index is 10.1. The molecule has 0 fully saturated rings. The minimum Gasteiger partial charge on any atom is -0.506 e. The third kappa shape index (κ3) is 3.89. The van der Waals surface area contributed by atoms with E-state index >= 15 is 0 Å². The van der Waals surface area contributed by atoms with Crippen LogP contribution in [0.4, 0.5) is 5.69 Å². The minimum atomic E-state index is -0.0296. The first kappa shape index (κ1) is 19.3. The Morgan fingerprint density at radius 3 is 2.57 bits per heavy atom. The Kier molecular flexibility index (Phi) is 5.34. The lowest BCUT2D eigenvalue weighted by molar-refractivity contribution is 0.474. The molecule has 0 saturated carbocycles. The van der Waals surface area contributed by atoms with Crippen molar-refractivity contribution < 1.29 is 9.52 Å². The first-order chi connectivity index (χ1) is 13.4. The zero-order valence-corrected chi connectivity index (χ0v) is 17.8. The smallest absolute Gasteiger partial charge is 0.227 e. The van der Waals surface area contributed by atoms with E-state index in [0.717, 1.165) is 10.0 Å². The number of halogens is 4. The Bertz CT molecular complexity index is 1240. The monoisotopic (exact) mass is 494 g/mol. The summed E-state index contributed by atoms with van der Waals surface area (Å²) in [5.74, 6) is 0.407. The largest absolute Gasteiger partial charge is 0.506 e. The lowest BCUT2D eigenvalue weighted by Gasteiger charge is -2.02. The van der Waals surface area contributed by atoms with Crippen LogP contribution < -0.4 is 0 Å². The first-order valence-electron chi connectivity index (χ1n) is 7.99. The fourth-order valence-electron chi connectivity index (χ4n) is 2.58. The van der Waals surface area contributed by atoms with Crippen molar-refractivity contribution >= 4 is 73.7 Å². The number of aromatic nitrogens is 1. The van der Waals surface area contributed by atoms with Crippen LogP contribution in [0.5, 0.6) is 5.75 Å². The predicted molar refractivity (Wildman–Crippen MR) is 118 cm³/mol. The Balaban J connectivity index is 1.68. The zero-order valence-electron chi connectivity index (χ0n) is 14.0. The highest BCUT2D eigenvalue weighted by Gasteiger charge is 2.11. The summed E-state index contributed by atoms with van der Waals surface area (Å²) in [6.07, 6.45) is 1.53. The number of aromatic hydroxyl groups is 1. The predicted octanol–water partition coefficient (Wildman–Crippen LogP) is 7.67. The molecule has 0 aliphatic carbocycles. The molecule has 1 aromatic heterocycles.